The van der Waals surface area contributed by atoms with Crippen molar-refractivity contribution in [1.29, 1.82) is 0 Å². The fourth-order valence-electron chi connectivity index (χ4n) is 3.67. The summed E-state index contributed by atoms with van der Waals surface area (Å²) in [5.41, 5.74) is 2.94. The molecule has 1 aromatic heterocycles. The van der Waals surface area contributed by atoms with Crippen LogP contribution in [0.2, 0.25) is 0 Å². The summed E-state index contributed by atoms with van der Waals surface area (Å²) in [6.07, 6.45) is 2.24. The average molecular weight is 400 g/mol. The summed E-state index contributed by atoms with van der Waals surface area (Å²) < 4.78 is 0. The number of piperazine rings is 1. The first-order valence-corrected chi connectivity index (χ1v) is 10.6. The van der Waals surface area contributed by atoms with E-state index in [1.54, 1.807) is 4.90 Å². The lowest BCUT2D eigenvalue weighted by molar-refractivity contribution is -0.118. The van der Waals surface area contributed by atoms with Gasteiger partial charge in [0.2, 0.25) is 5.91 Å². The van der Waals surface area contributed by atoms with Crippen LogP contribution in [0.15, 0.2) is 29.6 Å². The highest BCUT2D eigenvalue weighted by Crippen LogP contribution is 2.27. The minimum atomic E-state index is -0.120. The van der Waals surface area contributed by atoms with Crippen molar-refractivity contribution in [2.75, 3.05) is 50.0 Å². The molecule has 0 radical (unpaired) electrons. The summed E-state index contributed by atoms with van der Waals surface area (Å²) in [4.78, 5) is 35.5. The third kappa shape index (κ3) is 4.18. The number of hydrogen-bond donors (Lipinski definition) is 1. The highest BCUT2D eigenvalue weighted by atomic mass is 32.1. The molecule has 148 valence electrons. The fourth-order valence-corrected chi connectivity index (χ4v) is 4.37. The van der Waals surface area contributed by atoms with Gasteiger partial charge in [-0.3, -0.25) is 10.1 Å². The van der Waals surface area contributed by atoms with E-state index < -0.39 is 0 Å². The summed E-state index contributed by atoms with van der Waals surface area (Å²) >= 11 is 1.37. The maximum Gasteiger partial charge on any atom is 0.323 e. The molecule has 0 spiro atoms. The molecular formula is C20H25N5O2S. The van der Waals surface area contributed by atoms with Crippen molar-refractivity contribution in [1.82, 2.24) is 14.8 Å². The first-order valence-electron chi connectivity index (χ1n) is 9.67. The summed E-state index contributed by atoms with van der Waals surface area (Å²) in [5.74, 6) is 0.0504. The quantitative estimate of drug-likeness (QED) is 0.861. The van der Waals surface area contributed by atoms with Gasteiger partial charge in [0.25, 0.3) is 0 Å². The largest absolute Gasteiger partial charge is 0.323 e. The topological polar surface area (TPSA) is 68.8 Å². The number of nitrogens with one attached hydrogen (secondary N) is 1. The monoisotopic (exact) mass is 399 g/mol. The number of thiazole rings is 1. The molecule has 8 heteroatoms. The molecule has 1 N–H and O–H groups in total. The lowest BCUT2D eigenvalue weighted by Gasteiger charge is -2.32. The van der Waals surface area contributed by atoms with E-state index in [1.807, 2.05) is 28.5 Å². The molecule has 0 bridgehead atoms. The van der Waals surface area contributed by atoms with E-state index in [2.05, 4.69) is 28.3 Å². The maximum atomic E-state index is 12.8. The maximum absolute atomic E-state index is 12.8. The Morgan fingerprint density at radius 2 is 1.93 bits per heavy atom. The Hall–Kier alpha value is -2.45. The van der Waals surface area contributed by atoms with E-state index in [1.165, 1.54) is 16.9 Å². The summed E-state index contributed by atoms with van der Waals surface area (Å²) in [5, 5.41) is 5.27. The minimum Gasteiger partial charge on any atom is -0.322 e. The molecule has 3 amide bonds. The average Bonchev–Trinajstić information content (AvgIpc) is 3.14. The Balaban J connectivity index is 1.36. The second kappa shape index (κ2) is 8.28. The number of amides is 3. The van der Waals surface area contributed by atoms with Crippen molar-refractivity contribution in [3.63, 3.8) is 0 Å². The molecule has 2 aliphatic heterocycles. The van der Waals surface area contributed by atoms with Gasteiger partial charge < -0.3 is 14.7 Å². The molecule has 7 nitrogen and oxygen atoms in total. The molecule has 1 aromatic carbocycles. The predicted octanol–water partition coefficient (Wildman–Crippen LogP) is 2.44. The van der Waals surface area contributed by atoms with Gasteiger partial charge in [0, 0.05) is 43.8 Å². The number of hydrogen-bond acceptors (Lipinski definition) is 5. The number of fused-ring (bicyclic) bond motifs is 1. The Morgan fingerprint density at radius 1 is 1.14 bits per heavy atom. The first kappa shape index (κ1) is 18.9. The van der Waals surface area contributed by atoms with Gasteiger partial charge in [-0.1, -0.05) is 18.2 Å². The Labute approximate surface area is 169 Å². The van der Waals surface area contributed by atoms with Gasteiger partial charge in [-0.2, -0.15) is 0 Å². The number of nitrogens with zero attached hydrogens (tertiary/aromatic N) is 4. The van der Waals surface area contributed by atoms with Crippen molar-refractivity contribution in [2.24, 2.45) is 0 Å². The summed E-state index contributed by atoms with van der Waals surface area (Å²) in [6.45, 7) is 3.93. The molecule has 28 heavy (non-hydrogen) atoms. The van der Waals surface area contributed by atoms with Gasteiger partial charge in [-0.25, -0.2) is 9.78 Å². The van der Waals surface area contributed by atoms with Crippen LogP contribution in [-0.4, -0.2) is 66.5 Å². The number of carbonyl (C=O) groups excluding carboxylic acids is 2. The number of carbonyl (C=O) groups is 2. The molecule has 1 saturated heterocycles. The van der Waals surface area contributed by atoms with E-state index in [0.717, 1.165) is 38.2 Å². The molecule has 2 aromatic rings. The third-order valence-corrected chi connectivity index (χ3v) is 6.11. The van der Waals surface area contributed by atoms with Crippen molar-refractivity contribution < 1.29 is 9.59 Å². The standard InChI is InChI=1S/C20H25N5O2S/c1-23-9-11-24(12-10-23)20(27)22-19-21-16(14-28-19)13-18(26)25-8-4-6-15-5-2-3-7-17(15)25/h2-3,5,7,14H,4,6,8-13H2,1H3,(H,21,22,27). The first-order chi connectivity index (χ1) is 13.6. The van der Waals surface area contributed by atoms with Crippen LogP contribution in [0.4, 0.5) is 15.6 Å². The van der Waals surface area contributed by atoms with Gasteiger partial charge in [-0.15, -0.1) is 11.3 Å². The Kier molecular flexibility index (Phi) is 5.59. The lowest BCUT2D eigenvalue weighted by Crippen LogP contribution is -2.48. The SMILES string of the molecule is CN1CCN(C(=O)Nc2nc(CC(=O)N3CCCc4ccccc43)cs2)CC1. The van der Waals surface area contributed by atoms with Gasteiger partial charge >= 0.3 is 6.03 Å². The normalized spacial score (nSPS) is 17.3. The fraction of sp³-hybridized carbons (Fsp3) is 0.450. The lowest BCUT2D eigenvalue weighted by atomic mass is 10.0. The number of para-hydroxylation sites is 1. The van der Waals surface area contributed by atoms with Crippen LogP contribution in [0.25, 0.3) is 0 Å². The van der Waals surface area contributed by atoms with Gasteiger partial charge in [0.05, 0.1) is 12.1 Å². The van der Waals surface area contributed by atoms with Gasteiger partial charge in [0.1, 0.15) is 0 Å². The highest BCUT2D eigenvalue weighted by Gasteiger charge is 2.23. The second-order valence-electron chi connectivity index (χ2n) is 7.32. The van der Waals surface area contributed by atoms with Crippen LogP contribution in [0, 0.1) is 0 Å². The highest BCUT2D eigenvalue weighted by molar-refractivity contribution is 7.13. The molecule has 0 atom stereocenters. The second-order valence-corrected chi connectivity index (χ2v) is 8.18. The molecule has 4 rings (SSSR count). The van der Waals surface area contributed by atoms with Gasteiger partial charge in [-0.05, 0) is 31.5 Å². The van der Waals surface area contributed by atoms with E-state index in [0.29, 0.717) is 23.9 Å². The van der Waals surface area contributed by atoms with Crippen LogP contribution < -0.4 is 10.2 Å². The van der Waals surface area contributed by atoms with Crippen molar-refractivity contribution in [2.45, 2.75) is 19.3 Å². The van der Waals surface area contributed by atoms with Crippen molar-refractivity contribution >= 4 is 34.1 Å². The summed E-state index contributed by atoms with van der Waals surface area (Å²) in [7, 11) is 2.06. The number of rotatable bonds is 3. The molecule has 0 unspecified atom stereocenters. The van der Waals surface area contributed by atoms with Crippen LogP contribution in [0.3, 0.4) is 0 Å². The van der Waals surface area contributed by atoms with E-state index in [4.69, 9.17) is 0 Å². The molecule has 3 heterocycles. The third-order valence-electron chi connectivity index (χ3n) is 5.30. The number of aromatic nitrogens is 1. The van der Waals surface area contributed by atoms with Crippen molar-refractivity contribution in [3.8, 4) is 0 Å². The smallest absolute Gasteiger partial charge is 0.322 e. The number of urea groups is 1. The van der Waals surface area contributed by atoms with Crippen LogP contribution >= 0.6 is 11.3 Å². The van der Waals surface area contributed by atoms with Gasteiger partial charge in [0.15, 0.2) is 5.13 Å². The molecular weight excluding hydrogens is 374 g/mol. The van der Waals surface area contributed by atoms with E-state index >= 15 is 0 Å². The zero-order chi connectivity index (χ0) is 19.5. The number of anilines is 2. The van der Waals surface area contributed by atoms with Crippen LogP contribution in [-0.2, 0) is 17.6 Å². The molecule has 0 aliphatic carbocycles. The molecule has 1 fully saturated rings. The molecule has 2 aliphatic rings. The number of benzene rings is 1. The molecule has 0 saturated carbocycles. The zero-order valence-corrected chi connectivity index (χ0v) is 16.9. The zero-order valence-electron chi connectivity index (χ0n) is 16.1. The number of aryl methyl sites for hydroxylation is 1. The summed E-state index contributed by atoms with van der Waals surface area (Å²) in [6, 6.07) is 7.96. The minimum absolute atomic E-state index is 0.0504. The Morgan fingerprint density at radius 3 is 2.75 bits per heavy atom. The van der Waals surface area contributed by atoms with Crippen LogP contribution in [0.5, 0.6) is 0 Å². The Bertz CT molecular complexity index is 860. The van der Waals surface area contributed by atoms with E-state index in [-0.39, 0.29) is 18.4 Å². The van der Waals surface area contributed by atoms with Crippen LogP contribution in [0.1, 0.15) is 17.7 Å². The van der Waals surface area contributed by atoms with E-state index in [9.17, 15) is 9.59 Å². The predicted molar refractivity (Wildman–Crippen MR) is 111 cm³/mol. The van der Waals surface area contributed by atoms with Crippen molar-refractivity contribution in [3.05, 3.63) is 40.9 Å². The number of likely N-dealkylation sites (N-methyl/N-ethyl adjacent to an activating group) is 1.